The minimum absolute atomic E-state index is 0.0279. The van der Waals surface area contributed by atoms with Crippen molar-refractivity contribution in [1.82, 2.24) is 15.1 Å². The van der Waals surface area contributed by atoms with Crippen LogP contribution in [0.15, 0.2) is 35.7 Å². The van der Waals surface area contributed by atoms with Crippen LogP contribution in [-0.2, 0) is 4.79 Å². The molecule has 1 aromatic heterocycles. The third kappa shape index (κ3) is 4.04. The van der Waals surface area contributed by atoms with E-state index in [9.17, 15) is 29.3 Å². The molecule has 0 saturated carbocycles. The summed E-state index contributed by atoms with van der Waals surface area (Å²) in [5, 5.41) is 15.6. The summed E-state index contributed by atoms with van der Waals surface area (Å²) >= 11 is 1.38. The minimum Gasteiger partial charge on any atom is -0.352 e. The number of thiophene rings is 1. The highest BCUT2D eigenvalue weighted by Gasteiger charge is 2.38. The first-order valence-corrected chi connectivity index (χ1v) is 10.5. The number of nitro benzene ring substituents is 1. The van der Waals surface area contributed by atoms with Gasteiger partial charge in [0.05, 0.1) is 20.9 Å². The Labute approximate surface area is 180 Å². The summed E-state index contributed by atoms with van der Waals surface area (Å²) in [5.41, 5.74) is -0.328. The van der Waals surface area contributed by atoms with Crippen LogP contribution in [0.2, 0.25) is 0 Å². The number of hydrogen-bond acceptors (Lipinski definition) is 7. The highest BCUT2D eigenvalue weighted by atomic mass is 32.1. The second kappa shape index (κ2) is 8.26. The summed E-state index contributed by atoms with van der Waals surface area (Å²) in [6, 6.07) is 6.86. The van der Waals surface area contributed by atoms with Gasteiger partial charge in [-0.05, 0) is 30.4 Å². The molecule has 2 aromatic rings. The van der Waals surface area contributed by atoms with Gasteiger partial charge >= 0.3 is 0 Å². The number of nitrogens with one attached hydrogen (secondary N) is 1. The number of nitro groups is 1. The number of nitrogens with zero attached hydrogens (tertiary/aromatic N) is 3. The van der Waals surface area contributed by atoms with Crippen molar-refractivity contribution in [3.63, 3.8) is 0 Å². The van der Waals surface area contributed by atoms with Gasteiger partial charge in [-0.2, -0.15) is 0 Å². The fourth-order valence-corrected chi connectivity index (χ4v) is 4.43. The molecular formula is C20H18N4O6S. The van der Waals surface area contributed by atoms with Crippen molar-refractivity contribution < 1.29 is 24.1 Å². The van der Waals surface area contributed by atoms with Crippen LogP contribution in [0, 0.1) is 10.1 Å². The highest BCUT2D eigenvalue weighted by Crippen LogP contribution is 2.26. The third-order valence-electron chi connectivity index (χ3n) is 5.35. The first-order chi connectivity index (χ1) is 14.8. The van der Waals surface area contributed by atoms with E-state index in [0.29, 0.717) is 30.8 Å². The van der Waals surface area contributed by atoms with E-state index in [2.05, 4.69) is 5.32 Å². The fraction of sp³-hybridized carbons (Fsp3) is 0.300. The first kappa shape index (κ1) is 20.7. The Bertz CT molecular complexity index is 1080. The Balaban J connectivity index is 1.32. The molecule has 0 unspecified atom stereocenters. The molecule has 10 nitrogen and oxygen atoms in total. The molecular weight excluding hydrogens is 424 g/mol. The molecule has 4 rings (SSSR count). The molecule has 1 fully saturated rings. The SMILES string of the molecule is O=C(CN1C(=O)c2ccc([N+](=O)[O-])cc2C1=O)NC1CCN(C(=O)c2cccs2)CC1. The molecule has 0 aliphatic carbocycles. The standard InChI is InChI=1S/C20H18N4O6S/c25-17(21-12-5-7-22(8-6-12)20(28)16-2-1-9-31-16)11-23-18(26)14-4-3-13(24(29)30)10-15(14)19(23)27/h1-4,9-10,12H,5-8,11H2,(H,21,25). The lowest BCUT2D eigenvalue weighted by Gasteiger charge is -2.32. The van der Waals surface area contributed by atoms with Gasteiger partial charge in [0.1, 0.15) is 6.54 Å². The molecule has 1 saturated heterocycles. The summed E-state index contributed by atoms with van der Waals surface area (Å²) in [6.07, 6.45) is 1.13. The predicted octanol–water partition coefficient (Wildman–Crippen LogP) is 1.67. The van der Waals surface area contributed by atoms with Crippen molar-refractivity contribution in [3.05, 3.63) is 61.8 Å². The smallest absolute Gasteiger partial charge is 0.270 e. The molecule has 1 N–H and O–H groups in total. The van der Waals surface area contributed by atoms with E-state index in [4.69, 9.17) is 0 Å². The molecule has 11 heteroatoms. The van der Waals surface area contributed by atoms with Crippen LogP contribution in [0.5, 0.6) is 0 Å². The molecule has 2 aliphatic rings. The lowest BCUT2D eigenvalue weighted by molar-refractivity contribution is -0.384. The average Bonchev–Trinajstić information content (AvgIpc) is 3.37. The monoisotopic (exact) mass is 442 g/mol. The Hall–Kier alpha value is -3.60. The van der Waals surface area contributed by atoms with E-state index < -0.39 is 29.2 Å². The maximum atomic E-state index is 12.5. The largest absolute Gasteiger partial charge is 0.352 e. The molecule has 0 radical (unpaired) electrons. The van der Waals surface area contributed by atoms with E-state index in [1.807, 2.05) is 11.4 Å². The van der Waals surface area contributed by atoms with E-state index in [0.717, 1.165) is 17.0 Å². The zero-order valence-corrected chi connectivity index (χ0v) is 17.1. The lowest BCUT2D eigenvalue weighted by atomic mass is 10.0. The molecule has 2 aliphatic heterocycles. The number of likely N-dealkylation sites (tertiary alicyclic amines) is 1. The lowest BCUT2D eigenvalue weighted by Crippen LogP contribution is -2.49. The van der Waals surface area contributed by atoms with Gasteiger partial charge in [0.2, 0.25) is 5.91 Å². The number of carbonyl (C=O) groups excluding carboxylic acids is 4. The van der Waals surface area contributed by atoms with Crippen molar-refractivity contribution in [2.45, 2.75) is 18.9 Å². The number of imide groups is 1. The summed E-state index contributed by atoms with van der Waals surface area (Å²) in [6.45, 7) is 0.533. The average molecular weight is 442 g/mol. The summed E-state index contributed by atoms with van der Waals surface area (Å²) in [5.74, 6) is -1.90. The third-order valence-corrected chi connectivity index (χ3v) is 6.20. The second-order valence-corrected chi connectivity index (χ2v) is 8.24. The summed E-state index contributed by atoms with van der Waals surface area (Å²) in [4.78, 5) is 63.3. The number of fused-ring (bicyclic) bond motifs is 1. The van der Waals surface area contributed by atoms with Crippen LogP contribution in [0.25, 0.3) is 0 Å². The maximum absolute atomic E-state index is 12.5. The molecule has 3 heterocycles. The van der Waals surface area contributed by atoms with Gasteiger partial charge in [0.15, 0.2) is 0 Å². The van der Waals surface area contributed by atoms with Crippen LogP contribution in [-0.4, -0.2) is 64.0 Å². The number of amides is 4. The van der Waals surface area contributed by atoms with Crippen LogP contribution < -0.4 is 5.32 Å². The van der Waals surface area contributed by atoms with Gasteiger partial charge in [0, 0.05) is 31.3 Å². The van der Waals surface area contributed by atoms with Crippen molar-refractivity contribution in [1.29, 1.82) is 0 Å². The molecule has 4 amide bonds. The normalized spacial score (nSPS) is 16.4. The molecule has 160 valence electrons. The van der Waals surface area contributed by atoms with E-state index in [1.165, 1.54) is 17.4 Å². The number of hydrogen-bond donors (Lipinski definition) is 1. The van der Waals surface area contributed by atoms with Gasteiger partial charge in [-0.1, -0.05) is 6.07 Å². The quantitative estimate of drug-likeness (QED) is 0.426. The molecule has 0 atom stereocenters. The van der Waals surface area contributed by atoms with Gasteiger partial charge in [-0.15, -0.1) is 11.3 Å². The van der Waals surface area contributed by atoms with E-state index >= 15 is 0 Å². The first-order valence-electron chi connectivity index (χ1n) is 9.62. The summed E-state index contributed by atoms with van der Waals surface area (Å²) < 4.78 is 0. The zero-order valence-electron chi connectivity index (χ0n) is 16.3. The van der Waals surface area contributed by atoms with Crippen molar-refractivity contribution in [2.75, 3.05) is 19.6 Å². The number of carbonyl (C=O) groups is 4. The highest BCUT2D eigenvalue weighted by molar-refractivity contribution is 7.12. The van der Waals surface area contributed by atoms with Crippen molar-refractivity contribution >= 4 is 40.7 Å². The van der Waals surface area contributed by atoms with Crippen molar-refractivity contribution in [2.24, 2.45) is 0 Å². The van der Waals surface area contributed by atoms with Gasteiger partial charge in [-0.3, -0.25) is 34.2 Å². The molecule has 31 heavy (non-hydrogen) atoms. The molecule has 0 spiro atoms. The van der Waals surface area contributed by atoms with Crippen LogP contribution >= 0.6 is 11.3 Å². The predicted molar refractivity (Wildman–Crippen MR) is 110 cm³/mol. The minimum atomic E-state index is -0.727. The topological polar surface area (TPSA) is 130 Å². The Morgan fingerprint density at radius 2 is 1.84 bits per heavy atom. The Morgan fingerprint density at radius 3 is 2.48 bits per heavy atom. The zero-order chi connectivity index (χ0) is 22.1. The van der Waals surface area contributed by atoms with Crippen LogP contribution in [0.3, 0.4) is 0 Å². The fourth-order valence-electron chi connectivity index (χ4n) is 3.74. The van der Waals surface area contributed by atoms with Gasteiger partial charge < -0.3 is 10.2 Å². The van der Waals surface area contributed by atoms with Crippen molar-refractivity contribution in [3.8, 4) is 0 Å². The van der Waals surface area contributed by atoms with Gasteiger partial charge in [-0.25, -0.2) is 0 Å². The second-order valence-electron chi connectivity index (χ2n) is 7.29. The Morgan fingerprint density at radius 1 is 1.13 bits per heavy atom. The number of rotatable bonds is 5. The number of piperidine rings is 1. The van der Waals surface area contributed by atoms with Gasteiger partial charge in [0.25, 0.3) is 23.4 Å². The Kier molecular flexibility index (Phi) is 5.51. The molecule has 0 bridgehead atoms. The van der Waals surface area contributed by atoms with Crippen LogP contribution in [0.4, 0.5) is 5.69 Å². The number of non-ortho nitro benzene ring substituents is 1. The van der Waals surface area contributed by atoms with Crippen LogP contribution in [0.1, 0.15) is 43.2 Å². The molecule has 1 aromatic carbocycles. The van der Waals surface area contributed by atoms with E-state index in [-0.39, 0.29) is 28.8 Å². The summed E-state index contributed by atoms with van der Waals surface area (Å²) in [7, 11) is 0. The number of benzene rings is 1. The van der Waals surface area contributed by atoms with E-state index in [1.54, 1.807) is 11.0 Å². The maximum Gasteiger partial charge on any atom is 0.270 e.